The summed E-state index contributed by atoms with van der Waals surface area (Å²) in [5, 5.41) is 9.66. The van der Waals surface area contributed by atoms with E-state index in [0.717, 1.165) is 0 Å². The van der Waals surface area contributed by atoms with Gasteiger partial charge >= 0.3 is 5.76 Å². The summed E-state index contributed by atoms with van der Waals surface area (Å²) < 4.78 is 6.58. The SMILES string of the molecule is CC(C)(O)CCn1c(=O)oc2ccc(N)cc21. The minimum atomic E-state index is -0.816. The van der Waals surface area contributed by atoms with Crippen LogP contribution < -0.4 is 11.5 Å². The monoisotopic (exact) mass is 236 g/mol. The van der Waals surface area contributed by atoms with Crippen LogP contribution in [0.3, 0.4) is 0 Å². The van der Waals surface area contributed by atoms with Gasteiger partial charge in [0.2, 0.25) is 0 Å². The lowest BCUT2D eigenvalue weighted by atomic mass is 10.1. The highest BCUT2D eigenvalue weighted by Crippen LogP contribution is 2.18. The third-order valence-corrected chi connectivity index (χ3v) is 2.64. The molecule has 1 aromatic heterocycles. The number of aromatic nitrogens is 1. The van der Waals surface area contributed by atoms with Gasteiger partial charge in [-0.15, -0.1) is 0 Å². The second-order valence-corrected chi connectivity index (χ2v) is 4.81. The van der Waals surface area contributed by atoms with Crippen LogP contribution in [-0.4, -0.2) is 15.3 Å². The zero-order valence-corrected chi connectivity index (χ0v) is 9.93. The van der Waals surface area contributed by atoms with E-state index < -0.39 is 11.4 Å². The van der Waals surface area contributed by atoms with E-state index >= 15 is 0 Å². The minimum absolute atomic E-state index is 0.402. The summed E-state index contributed by atoms with van der Waals surface area (Å²) in [6.45, 7) is 3.81. The number of nitrogens with two attached hydrogens (primary N) is 1. The molecule has 0 aliphatic carbocycles. The maximum Gasteiger partial charge on any atom is 0.419 e. The first-order valence-electron chi connectivity index (χ1n) is 5.48. The molecule has 92 valence electrons. The molecule has 5 heteroatoms. The highest BCUT2D eigenvalue weighted by atomic mass is 16.4. The summed E-state index contributed by atoms with van der Waals surface area (Å²) in [5.74, 6) is -0.421. The van der Waals surface area contributed by atoms with Crippen molar-refractivity contribution in [1.29, 1.82) is 0 Å². The molecule has 0 atom stereocenters. The van der Waals surface area contributed by atoms with Crippen LogP contribution in [0.15, 0.2) is 27.4 Å². The van der Waals surface area contributed by atoms with Gasteiger partial charge in [-0.25, -0.2) is 4.79 Å². The van der Waals surface area contributed by atoms with E-state index in [1.54, 1.807) is 32.0 Å². The zero-order valence-electron chi connectivity index (χ0n) is 9.93. The highest BCUT2D eigenvalue weighted by Gasteiger charge is 2.15. The molecule has 0 amide bonds. The van der Waals surface area contributed by atoms with Crippen LogP contribution >= 0.6 is 0 Å². The molecule has 3 N–H and O–H groups in total. The van der Waals surface area contributed by atoms with Crippen molar-refractivity contribution >= 4 is 16.8 Å². The molecule has 2 rings (SSSR count). The van der Waals surface area contributed by atoms with E-state index in [-0.39, 0.29) is 0 Å². The number of aliphatic hydroxyl groups is 1. The van der Waals surface area contributed by atoms with Crippen molar-refractivity contribution in [2.24, 2.45) is 0 Å². The predicted molar refractivity (Wildman–Crippen MR) is 65.8 cm³/mol. The Morgan fingerprint density at radius 1 is 1.47 bits per heavy atom. The number of fused-ring (bicyclic) bond motifs is 1. The Morgan fingerprint density at radius 2 is 2.18 bits per heavy atom. The quantitative estimate of drug-likeness (QED) is 0.788. The van der Waals surface area contributed by atoms with Crippen molar-refractivity contribution in [3.8, 4) is 0 Å². The lowest BCUT2D eigenvalue weighted by molar-refractivity contribution is 0.0660. The third kappa shape index (κ3) is 2.50. The molecule has 0 saturated heterocycles. The molecule has 0 spiro atoms. The number of aryl methyl sites for hydroxylation is 1. The lowest BCUT2D eigenvalue weighted by Crippen LogP contribution is -2.24. The van der Waals surface area contributed by atoms with Crippen molar-refractivity contribution in [3.63, 3.8) is 0 Å². The van der Waals surface area contributed by atoms with Crippen LogP contribution in [0.4, 0.5) is 5.69 Å². The summed E-state index contributed by atoms with van der Waals surface area (Å²) in [5.41, 5.74) is 6.62. The fraction of sp³-hybridized carbons (Fsp3) is 0.417. The average Bonchev–Trinajstić information content (AvgIpc) is 2.49. The van der Waals surface area contributed by atoms with Gasteiger partial charge < -0.3 is 15.3 Å². The number of hydrogen-bond acceptors (Lipinski definition) is 4. The number of hydrogen-bond donors (Lipinski definition) is 2. The van der Waals surface area contributed by atoms with Crippen LogP contribution in [0, 0.1) is 0 Å². The molecule has 0 aliphatic rings. The Labute approximate surface area is 98.5 Å². The van der Waals surface area contributed by atoms with Crippen molar-refractivity contribution < 1.29 is 9.52 Å². The first-order chi connectivity index (χ1) is 7.87. The summed E-state index contributed by atoms with van der Waals surface area (Å²) in [7, 11) is 0. The standard InChI is InChI=1S/C12H16N2O3/c1-12(2,16)5-6-14-9-7-8(13)3-4-10(9)17-11(14)15/h3-4,7,16H,5-6,13H2,1-2H3. The molecule has 0 aliphatic heterocycles. The first-order valence-corrected chi connectivity index (χ1v) is 5.48. The summed E-state index contributed by atoms with van der Waals surface area (Å²) in [6, 6.07) is 5.06. The molecule has 5 nitrogen and oxygen atoms in total. The molecule has 0 radical (unpaired) electrons. The number of benzene rings is 1. The average molecular weight is 236 g/mol. The number of oxazole rings is 1. The van der Waals surface area contributed by atoms with Gasteiger partial charge in [-0.05, 0) is 38.5 Å². The molecule has 2 aromatic rings. The Hall–Kier alpha value is -1.75. The molecule has 0 unspecified atom stereocenters. The molecule has 0 bridgehead atoms. The van der Waals surface area contributed by atoms with Crippen LogP contribution in [-0.2, 0) is 6.54 Å². The lowest BCUT2D eigenvalue weighted by Gasteiger charge is -2.16. The third-order valence-electron chi connectivity index (χ3n) is 2.64. The highest BCUT2D eigenvalue weighted by molar-refractivity contribution is 5.76. The van der Waals surface area contributed by atoms with E-state index in [0.29, 0.717) is 29.8 Å². The number of nitrogens with zero attached hydrogens (tertiary/aromatic N) is 1. The molecule has 1 aromatic carbocycles. The smallest absolute Gasteiger partial charge is 0.408 e. The molecular formula is C12H16N2O3. The van der Waals surface area contributed by atoms with Crippen molar-refractivity contribution in [1.82, 2.24) is 4.57 Å². The summed E-state index contributed by atoms with van der Waals surface area (Å²) in [6.07, 6.45) is 0.469. The van der Waals surface area contributed by atoms with Gasteiger partial charge in [0.15, 0.2) is 5.58 Å². The molecule has 1 heterocycles. The summed E-state index contributed by atoms with van der Waals surface area (Å²) >= 11 is 0. The zero-order chi connectivity index (χ0) is 12.6. The fourth-order valence-corrected chi connectivity index (χ4v) is 1.68. The van der Waals surface area contributed by atoms with Gasteiger partial charge in [0, 0.05) is 12.2 Å². The first kappa shape index (κ1) is 11.7. The van der Waals surface area contributed by atoms with Crippen LogP contribution in [0.5, 0.6) is 0 Å². The van der Waals surface area contributed by atoms with Crippen molar-refractivity contribution in [3.05, 3.63) is 28.7 Å². The second-order valence-electron chi connectivity index (χ2n) is 4.81. The Kier molecular flexibility index (Phi) is 2.71. The molecule has 0 fully saturated rings. The van der Waals surface area contributed by atoms with Gasteiger partial charge in [-0.1, -0.05) is 0 Å². The van der Waals surface area contributed by atoms with E-state index in [2.05, 4.69) is 0 Å². The van der Waals surface area contributed by atoms with E-state index in [1.807, 2.05) is 0 Å². The van der Waals surface area contributed by atoms with E-state index in [9.17, 15) is 9.90 Å². The maximum absolute atomic E-state index is 11.6. The maximum atomic E-state index is 11.6. The largest absolute Gasteiger partial charge is 0.419 e. The van der Waals surface area contributed by atoms with E-state index in [1.165, 1.54) is 4.57 Å². The fourth-order valence-electron chi connectivity index (χ4n) is 1.68. The van der Waals surface area contributed by atoms with Gasteiger partial charge in [-0.3, -0.25) is 4.57 Å². The number of anilines is 1. The molecular weight excluding hydrogens is 220 g/mol. The van der Waals surface area contributed by atoms with Gasteiger partial charge in [0.1, 0.15) is 0 Å². The normalized spacial score (nSPS) is 12.2. The van der Waals surface area contributed by atoms with Crippen molar-refractivity contribution in [2.45, 2.75) is 32.4 Å². The Bertz CT molecular complexity index is 590. The van der Waals surface area contributed by atoms with Gasteiger partial charge in [0.25, 0.3) is 0 Å². The Morgan fingerprint density at radius 3 is 2.82 bits per heavy atom. The summed E-state index contributed by atoms with van der Waals surface area (Å²) in [4.78, 5) is 11.6. The number of rotatable bonds is 3. The van der Waals surface area contributed by atoms with Gasteiger partial charge in [-0.2, -0.15) is 0 Å². The van der Waals surface area contributed by atoms with Crippen molar-refractivity contribution in [2.75, 3.05) is 5.73 Å². The second kappa shape index (κ2) is 3.92. The molecule has 17 heavy (non-hydrogen) atoms. The van der Waals surface area contributed by atoms with E-state index in [4.69, 9.17) is 10.2 Å². The minimum Gasteiger partial charge on any atom is -0.408 e. The topological polar surface area (TPSA) is 81.4 Å². The van der Waals surface area contributed by atoms with Gasteiger partial charge in [0.05, 0.1) is 11.1 Å². The number of nitrogen functional groups attached to an aromatic ring is 1. The Balaban J connectivity index is 2.42. The van der Waals surface area contributed by atoms with Crippen LogP contribution in [0.2, 0.25) is 0 Å². The van der Waals surface area contributed by atoms with Crippen LogP contribution in [0.25, 0.3) is 11.1 Å². The molecule has 0 saturated carbocycles. The van der Waals surface area contributed by atoms with Crippen LogP contribution in [0.1, 0.15) is 20.3 Å². The predicted octanol–water partition coefficient (Wildman–Crippen LogP) is 1.34.